The third-order valence-corrected chi connectivity index (χ3v) is 5.03. The van der Waals surface area contributed by atoms with Crippen LogP contribution in [0.4, 0.5) is 0 Å². The Hall–Kier alpha value is -2.08. The Morgan fingerprint density at radius 3 is 2.68 bits per heavy atom. The fraction of sp³-hybridized carbons (Fsp3) is 0.375. The Morgan fingerprint density at radius 2 is 2.05 bits per heavy atom. The minimum absolute atomic E-state index is 0.0687. The van der Waals surface area contributed by atoms with Crippen LogP contribution in [0.5, 0.6) is 0 Å². The van der Waals surface area contributed by atoms with Gasteiger partial charge in [-0.2, -0.15) is 0 Å². The number of esters is 1. The minimum atomic E-state index is -0.278. The van der Waals surface area contributed by atoms with Crippen molar-refractivity contribution in [2.24, 2.45) is 0 Å². The number of nitrogens with zero attached hydrogens (tertiary/aromatic N) is 2. The number of fused-ring (bicyclic) bond motifs is 1. The van der Waals surface area contributed by atoms with Crippen molar-refractivity contribution in [3.8, 4) is 5.00 Å². The predicted octanol–water partition coefficient (Wildman–Crippen LogP) is 2.62. The summed E-state index contributed by atoms with van der Waals surface area (Å²) in [5.41, 5.74) is 1.69. The van der Waals surface area contributed by atoms with Crippen LogP contribution in [-0.2, 0) is 22.5 Å². The molecular formula is C16H18N2O3S. The average Bonchev–Trinajstić information content (AvgIpc) is 3.13. The summed E-state index contributed by atoms with van der Waals surface area (Å²) in [7, 11) is 0. The topological polar surface area (TPSA) is 51.5 Å². The fourth-order valence-electron chi connectivity index (χ4n) is 2.72. The standard InChI is InChI=1S/C16H18N2O3S/c1-3-21-16(20)14-12-6-9-18(11(2)19)10-13(12)22-15(14)17-7-4-5-8-17/h4-5,7-8H,3,6,9-10H2,1-2H3. The van der Waals surface area contributed by atoms with Crippen LogP contribution < -0.4 is 0 Å². The lowest BCUT2D eigenvalue weighted by molar-refractivity contribution is -0.129. The zero-order valence-electron chi connectivity index (χ0n) is 12.7. The first-order valence-electron chi connectivity index (χ1n) is 7.32. The van der Waals surface area contributed by atoms with Crippen LogP contribution in [0.2, 0.25) is 0 Å². The SMILES string of the molecule is CCOC(=O)c1c(-n2cccc2)sc2c1CCN(C(C)=O)C2. The summed E-state index contributed by atoms with van der Waals surface area (Å²) in [6.07, 6.45) is 4.53. The molecule has 2 aromatic heterocycles. The number of amides is 1. The Labute approximate surface area is 133 Å². The zero-order valence-corrected chi connectivity index (χ0v) is 13.5. The van der Waals surface area contributed by atoms with Gasteiger partial charge in [0.1, 0.15) is 5.00 Å². The van der Waals surface area contributed by atoms with Crippen molar-refractivity contribution in [3.63, 3.8) is 0 Å². The van der Waals surface area contributed by atoms with Gasteiger partial charge in [-0.25, -0.2) is 4.79 Å². The van der Waals surface area contributed by atoms with E-state index in [-0.39, 0.29) is 11.9 Å². The van der Waals surface area contributed by atoms with Crippen molar-refractivity contribution in [2.45, 2.75) is 26.8 Å². The maximum absolute atomic E-state index is 12.4. The number of carbonyl (C=O) groups is 2. The van der Waals surface area contributed by atoms with Gasteiger partial charge in [-0.3, -0.25) is 4.79 Å². The van der Waals surface area contributed by atoms with E-state index in [2.05, 4.69) is 0 Å². The molecule has 0 unspecified atom stereocenters. The van der Waals surface area contributed by atoms with E-state index >= 15 is 0 Å². The summed E-state index contributed by atoms with van der Waals surface area (Å²) in [5, 5.41) is 0.874. The highest BCUT2D eigenvalue weighted by Crippen LogP contribution is 2.36. The van der Waals surface area contributed by atoms with Gasteiger partial charge in [0.05, 0.1) is 18.7 Å². The molecular weight excluding hydrogens is 300 g/mol. The molecule has 2 aromatic rings. The van der Waals surface area contributed by atoms with E-state index in [0.717, 1.165) is 15.4 Å². The summed E-state index contributed by atoms with van der Waals surface area (Å²) in [6.45, 7) is 4.97. The van der Waals surface area contributed by atoms with Crippen molar-refractivity contribution < 1.29 is 14.3 Å². The van der Waals surface area contributed by atoms with Crippen molar-refractivity contribution in [1.29, 1.82) is 0 Å². The van der Waals surface area contributed by atoms with Gasteiger partial charge in [-0.15, -0.1) is 11.3 Å². The average molecular weight is 318 g/mol. The molecule has 0 atom stereocenters. The molecule has 1 amide bonds. The number of aromatic nitrogens is 1. The molecule has 5 nitrogen and oxygen atoms in total. The van der Waals surface area contributed by atoms with E-state index in [0.29, 0.717) is 31.7 Å². The first kappa shape index (κ1) is 14.8. The Balaban J connectivity index is 2.07. The molecule has 1 aliphatic heterocycles. The highest BCUT2D eigenvalue weighted by atomic mass is 32.1. The second kappa shape index (κ2) is 5.96. The van der Waals surface area contributed by atoms with Crippen molar-refractivity contribution in [2.75, 3.05) is 13.2 Å². The molecule has 1 aliphatic rings. The highest BCUT2D eigenvalue weighted by Gasteiger charge is 2.29. The molecule has 0 aromatic carbocycles. The second-order valence-electron chi connectivity index (χ2n) is 5.19. The molecule has 3 rings (SSSR count). The van der Waals surface area contributed by atoms with Gasteiger partial charge in [0.2, 0.25) is 5.91 Å². The summed E-state index contributed by atoms with van der Waals surface area (Å²) in [4.78, 5) is 26.9. The molecule has 22 heavy (non-hydrogen) atoms. The number of rotatable bonds is 3. The number of hydrogen-bond acceptors (Lipinski definition) is 4. The first-order valence-corrected chi connectivity index (χ1v) is 8.14. The van der Waals surface area contributed by atoms with Crippen LogP contribution in [0.3, 0.4) is 0 Å². The lowest BCUT2D eigenvalue weighted by Gasteiger charge is -2.25. The lowest BCUT2D eigenvalue weighted by atomic mass is 10.0. The molecule has 0 N–H and O–H groups in total. The number of carbonyl (C=O) groups excluding carboxylic acids is 2. The number of hydrogen-bond donors (Lipinski definition) is 0. The molecule has 0 saturated heterocycles. The van der Waals surface area contributed by atoms with Crippen molar-refractivity contribution >= 4 is 23.2 Å². The molecule has 3 heterocycles. The van der Waals surface area contributed by atoms with Gasteiger partial charge in [0.15, 0.2) is 0 Å². The van der Waals surface area contributed by atoms with Crippen LogP contribution in [0.1, 0.15) is 34.6 Å². The van der Waals surface area contributed by atoms with E-state index < -0.39 is 0 Å². The second-order valence-corrected chi connectivity index (χ2v) is 6.27. The van der Waals surface area contributed by atoms with E-state index in [1.165, 1.54) is 0 Å². The number of thiophene rings is 1. The number of ether oxygens (including phenoxy) is 1. The van der Waals surface area contributed by atoms with E-state index in [9.17, 15) is 9.59 Å². The normalized spacial score (nSPS) is 13.8. The monoisotopic (exact) mass is 318 g/mol. The molecule has 0 fully saturated rings. The quantitative estimate of drug-likeness (QED) is 0.818. The first-order chi connectivity index (χ1) is 10.6. The summed E-state index contributed by atoms with van der Waals surface area (Å²) in [6, 6.07) is 3.85. The van der Waals surface area contributed by atoms with Gasteiger partial charge in [-0.05, 0) is 31.0 Å². The molecule has 116 valence electrons. The summed E-state index contributed by atoms with van der Waals surface area (Å²) >= 11 is 1.56. The van der Waals surface area contributed by atoms with E-state index in [4.69, 9.17) is 4.74 Å². The largest absolute Gasteiger partial charge is 0.462 e. The smallest absolute Gasteiger partial charge is 0.341 e. The molecule has 0 aliphatic carbocycles. The van der Waals surface area contributed by atoms with Crippen LogP contribution in [-0.4, -0.2) is 34.5 Å². The molecule has 0 saturated carbocycles. The molecule has 0 bridgehead atoms. The zero-order chi connectivity index (χ0) is 15.7. The maximum atomic E-state index is 12.4. The third-order valence-electron chi connectivity index (χ3n) is 3.80. The third kappa shape index (κ3) is 2.54. The fourth-order valence-corrected chi connectivity index (χ4v) is 4.04. The Bertz CT molecular complexity index is 703. The van der Waals surface area contributed by atoms with Gasteiger partial charge in [0, 0.05) is 30.7 Å². The summed E-state index contributed by atoms with van der Waals surface area (Å²) in [5.74, 6) is -0.209. The van der Waals surface area contributed by atoms with Gasteiger partial charge < -0.3 is 14.2 Å². The highest BCUT2D eigenvalue weighted by molar-refractivity contribution is 7.15. The van der Waals surface area contributed by atoms with E-state index in [1.54, 1.807) is 18.3 Å². The van der Waals surface area contributed by atoms with E-state index in [1.807, 2.05) is 40.9 Å². The molecule has 0 spiro atoms. The van der Waals surface area contributed by atoms with Gasteiger partial charge in [0.25, 0.3) is 0 Å². The van der Waals surface area contributed by atoms with Crippen LogP contribution in [0, 0.1) is 0 Å². The van der Waals surface area contributed by atoms with Crippen LogP contribution in [0.15, 0.2) is 24.5 Å². The van der Waals surface area contributed by atoms with Crippen molar-refractivity contribution in [1.82, 2.24) is 9.47 Å². The Morgan fingerprint density at radius 1 is 1.32 bits per heavy atom. The van der Waals surface area contributed by atoms with Crippen LogP contribution in [0.25, 0.3) is 5.00 Å². The maximum Gasteiger partial charge on any atom is 0.341 e. The summed E-state index contributed by atoms with van der Waals surface area (Å²) < 4.78 is 7.18. The van der Waals surface area contributed by atoms with Gasteiger partial charge in [-0.1, -0.05) is 0 Å². The van der Waals surface area contributed by atoms with Crippen molar-refractivity contribution in [3.05, 3.63) is 40.5 Å². The minimum Gasteiger partial charge on any atom is -0.462 e. The lowest BCUT2D eigenvalue weighted by Crippen LogP contribution is -2.34. The predicted molar refractivity (Wildman–Crippen MR) is 84.4 cm³/mol. The van der Waals surface area contributed by atoms with Crippen LogP contribution >= 0.6 is 11.3 Å². The Kier molecular flexibility index (Phi) is 4.02. The van der Waals surface area contributed by atoms with Gasteiger partial charge >= 0.3 is 5.97 Å². The molecule has 6 heteroatoms. The molecule has 0 radical (unpaired) electrons.